The lowest BCUT2D eigenvalue weighted by Crippen LogP contribution is -2.01. The highest BCUT2D eigenvalue weighted by atomic mass is 15.0. The average Bonchev–Trinajstić information content (AvgIpc) is 3.19. The Balaban J connectivity index is 1.54. The molecule has 0 aliphatic rings. The minimum absolute atomic E-state index is 0.345. The van der Waals surface area contributed by atoms with Crippen molar-refractivity contribution < 1.29 is 0 Å². The molecule has 4 aromatic rings. The first kappa shape index (κ1) is 18.9. The standard InChI is InChI=1S/C27H26N2/c1-22-10-8-15-25(18-22)27(24-13-6-3-7-14-24)17-9-16-26-19-28-21-29(26)20-23-11-4-2-5-12-23/h2-16,18-19,21,27H,17,20H2,1H3/b16-9+. The summed E-state index contributed by atoms with van der Waals surface area (Å²) in [7, 11) is 0. The van der Waals surface area contributed by atoms with Crippen molar-refractivity contribution >= 4 is 6.08 Å². The molecule has 0 radical (unpaired) electrons. The number of aryl methyl sites for hydroxylation is 1. The Bertz CT molecular complexity index is 1060. The number of aromatic nitrogens is 2. The topological polar surface area (TPSA) is 17.8 Å². The molecule has 3 aromatic carbocycles. The number of hydrogen-bond donors (Lipinski definition) is 0. The molecule has 2 heteroatoms. The summed E-state index contributed by atoms with van der Waals surface area (Å²) in [5, 5.41) is 0. The molecule has 0 aliphatic carbocycles. The SMILES string of the molecule is Cc1cccc(C(C/C=C/c2cncn2Cc2ccccc2)c2ccccc2)c1. The van der Waals surface area contributed by atoms with Crippen LogP contribution in [0, 0.1) is 6.92 Å². The van der Waals surface area contributed by atoms with Crippen LogP contribution in [0.3, 0.4) is 0 Å². The van der Waals surface area contributed by atoms with E-state index in [9.17, 15) is 0 Å². The monoisotopic (exact) mass is 378 g/mol. The van der Waals surface area contributed by atoms with E-state index in [0.29, 0.717) is 5.92 Å². The molecule has 1 unspecified atom stereocenters. The van der Waals surface area contributed by atoms with Gasteiger partial charge >= 0.3 is 0 Å². The molecule has 0 aliphatic heterocycles. The molecule has 29 heavy (non-hydrogen) atoms. The van der Waals surface area contributed by atoms with Crippen molar-refractivity contribution in [3.05, 3.63) is 131 Å². The quantitative estimate of drug-likeness (QED) is 0.360. The van der Waals surface area contributed by atoms with Crippen molar-refractivity contribution in [1.29, 1.82) is 0 Å². The van der Waals surface area contributed by atoms with E-state index in [1.807, 2.05) is 18.6 Å². The van der Waals surface area contributed by atoms with Gasteiger partial charge in [0, 0.05) is 12.5 Å². The van der Waals surface area contributed by atoms with Crippen LogP contribution in [0.25, 0.3) is 6.08 Å². The Labute approximate surface area is 173 Å². The molecule has 1 aromatic heterocycles. The van der Waals surface area contributed by atoms with Gasteiger partial charge in [0.2, 0.25) is 0 Å². The van der Waals surface area contributed by atoms with Gasteiger partial charge in [-0.2, -0.15) is 0 Å². The van der Waals surface area contributed by atoms with Crippen LogP contribution in [-0.4, -0.2) is 9.55 Å². The van der Waals surface area contributed by atoms with Gasteiger partial charge in [0.25, 0.3) is 0 Å². The first-order valence-corrected chi connectivity index (χ1v) is 10.1. The number of benzene rings is 3. The van der Waals surface area contributed by atoms with Crippen LogP contribution < -0.4 is 0 Å². The van der Waals surface area contributed by atoms with Gasteiger partial charge in [-0.3, -0.25) is 0 Å². The molecule has 0 fully saturated rings. The highest BCUT2D eigenvalue weighted by Gasteiger charge is 2.12. The van der Waals surface area contributed by atoms with Crippen molar-refractivity contribution in [2.24, 2.45) is 0 Å². The van der Waals surface area contributed by atoms with E-state index in [2.05, 4.69) is 107 Å². The largest absolute Gasteiger partial charge is 0.327 e. The molecule has 2 nitrogen and oxygen atoms in total. The van der Waals surface area contributed by atoms with E-state index < -0.39 is 0 Å². The number of nitrogens with zero attached hydrogens (tertiary/aromatic N) is 2. The smallest absolute Gasteiger partial charge is 0.0953 e. The molecule has 0 bridgehead atoms. The lowest BCUT2D eigenvalue weighted by Gasteiger charge is -2.17. The molecule has 4 rings (SSSR count). The molecular formula is C27H26N2. The Morgan fingerprint density at radius 2 is 1.59 bits per heavy atom. The maximum absolute atomic E-state index is 4.36. The highest BCUT2D eigenvalue weighted by molar-refractivity contribution is 5.45. The average molecular weight is 379 g/mol. The van der Waals surface area contributed by atoms with Crippen LogP contribution in [0.15, 0.2) is 104 Å². The summed E-state index contributed by atoms with van der Waals surface area (Å²) in [6.07, 6.45) is 9.26. The second-order valence-corrected chi connectivity index (χ2v) is 7.45. The van der Waals surface area contributed by atoms with Gasteiger partial charge in [-0.25, -0.2) is 4.98 Å². The van der Waals surface area contributed by atoms with Crippen LogP contribution in [0.2, 0.25) is 0 Å². The molecule has 1 atom stereocenters. The molecule has 0 saturated heterocycles. The second kappa shape index (κ2) is 9.20. The fourth-order valence-electron chi connectivity index (χ4n) is 3.74. The maximum atomic E-state index is 4.36. The summed E-state index contributed by atoms with van der Waals surface area (Å²) in [5.74, 6) is 0.345. The molecule has 0 saturated carbocycles. The summed E-state index contributed by atoms with van der Waals surface area (Å²) >= 11 is 0. The van der Waals surface area contributed by atoms with Crippen LogP contribution in [0.1, 0.15) is 40.3 Å². The number of hydrogen-bond acceptors (Lipinski definition) is 1. The zero-order chi connectivity index (χ0) is 19.9. The second-order valence-electron chi connectivity index (χ2n) is 7.45. The Morgan fingerprint density at radius 1 is 0.862 bits per heavy atom. The fourth-order valence-corrected chi connectivity index (χ4v) is 3.74. The predicted molar refractivity (Wildman–Crippen MR) is 121 cm³/mol. The van der Waals surface area contributed by atoms with Crippen LogP contribution in [0.5, 0.6) is 0 Å². The Hall–Kier alpha value is -3.39. The minimum Gasteiger partial charge on any atom is -0.327 e. The number of rotatable bonds is 7. The zero-order valence-electron chi connectivity index (χ0n) is 16.8. The van der Waals surface area contributed by atoms with E-state index in [1.54, 1.807) is 0 Å². The third kappa shape index (κ3) is 4.91. The third-order valence-electron chi connectivity index (χ3n) is 5.25. The molecule has 144 valence electrons. The van der Waals surface area contributed by atoms with Crippen molar-refractivity contribution in [1.82, 2.24) is 9.55 Å². The van der Waals surface area contributed by atoms with E-state index in [-0.39, 0.29) is 0 Å². The van der Waals surface area contributed by atoms with Crippen molar-refractivity contribution in [3.63, 3.8) is 0 Å². The van der Waals surface area contributed by atoms with Gasteiger partial charge in [-0.15, -0.1) is 0 Å². The van der Waals surface area contributed by atoms with Crippen molar-refractivity contribution in [3.8, 4) is 0 Å². The zero-order valence-corrected chi connectivity index (χ0v) is 16.8. The molecular weight excluding hydrogens is 352 g/mol. The predicted octanol–water partition coefficient (Wildman–Crippen LogP) is 6.48. The summed E-state index contributed by atoms with van der Waals surface area (Å²) in [5.41, 5.74) is 6.42. The number of allylic oxidation sites excluding steroid dienone is 1. The van der Waals surface area contributed by atoms with Crippen molar-refractivity contribution in [2.75, 3.05) is 0 Å². The van der Waals surface area contributed by atoms with Gasteiger partial charge in [-0.1, -0.05) is 96.6 Å². The Morgan fingerprint density at radius 3 is 2.34 bits per heavy atom. The van der Waals surface area contributed by atoms with E-state index in [0.717, 1.165) is 18.7 Å². The van der Waals surface area contributed by atoms with Crippen LogP contribution in [0.4, 0.5) is 0 Å². The van der Waals surface area contributed by atoms with E-state index in [1.165, 1.54) is 22.3 Å². The summed E-state index contributed by atoms with van der Waals surface area (Å²) in [4.78, 5) is 4.36. The first-order valence-electron chi connectivity index (χ1n) is 10.1. The minimum atomic E-state index is 0.345. The van der Waals surface area contributed by atoms with Gasteiger partial charge in [-0.05, 0) is 36.1 Å². The van der Waals surface area contributed by atoms with Gasteiger partial charge in [0.15, 0.2) is 0 Å². The highest BCUT2D eigenvalue weighted by Crippen LogP contribution is 2.29. The number of imidazole rings is 1. The molecule has 0 spiro atoms. The molecule has 0 amide bonds. The lowest BCUT2D eigenvalue weighted by atomic mass is 9.87. The fraction of sp³-hybridized carbons (Fsp3) is 0.148. The van der Waals surface area contributed by atoms with Gasteiger partial charge in [0.1, 0.15) is 0 Å². The Kier molecular flexibility index (Phi) is 6.01. The summed E-state index contributed by atoms with van der Waals surface area (Å²) < 4.78 is 2.19. The third-order valence-corrected chi connectivity index (χ3v) is 5.25. The van der Waals surface area contributed by atoms with E-state index in [4.69, 9.17) is 0 Å². The van der Waals surface area contributed by atoms with Gasteiger partial charge < -0.3 is 4.57 Å². The summed E-state index contributed by atoms with van der Waals surface area (Å²) in [6.45, 7) is 2.99. The first-order chi connectivity index (χ1) is 14.3. The van der Waals surface area contributed by atoms with E-state index >= 15 is 0 Å². The maximum Gasteiger partial charge on any atom is 0.0953 e. The summed E-state index contributed by atoms with van der Waals surface area (Å²) in [6, 6.07) is 30.1. The van der Waals surface area contributed by atoms with Crippen molar-refractivity contribution in [2.45, 2.75) is 25.8 Å². The molecule has 0 N–H and O–H groups in total. The normalized spacial score (nSPS) is 12.3. The molecule has 1 heterocycles. The lowest BCUT2D eigenvalue weighted by molar-refractivity contribution is 0.787. The van der Waals surface area contributed by atoms with Crippen LogP contribution in [-0.2, 0) is 6.54 Å². The van der Waals surface area contributed by atoms with Gasteiger partial charge in [0.05, 0.1) is 18.2 Å². The van der Waals surface area contributed by atoms with Crippen LogP contribution >= 0.6 is 0 Å².